The molecule has 0 aromatic carbocycles. The second-order valence-corrected chi connectivity index (χ2v) is 10.3. The Bertz CT molecular complexity index is 1110. The van der Waals surface area contributed by atoms with E-state index in [9.17, 15) is 18.7 Å². The molecule has 2 aromatic heterocycles. The molecule has 2 heterocycles. The summed E-state index contributed by atoms with van der Waals surface area (Å²) in [5.74, 6) is -0.0891. The Balaban J connectivity index is 0.000000865. The smallest absolute Gasteiger partial charge is 0.255 e. The molecule has 0 aliphatic heterocycles. The minimum absolute atomic E-state index is 0.0986. The number of nitrogens with zero attached hydrogens (tertiary/aromatic N) is 3. The number of carbonyl (C=O) groups is 1. The van der Waals surface area contributed by atoms with Crippen LogP contribution >= 0.6 is 11.6 Å². The summed E-state index contributed by atoms with van der Waals surface area (Å²) in [6, 6.07) is 4.42. The Labute approximate surface area is 220 Å². The Morgan fingerprint density at radius 2 is 1.92 bits per heavy atom. The van der Waals surface area contributed by atoms with Crippen LogP contribution in [0, 0.1) is 11.3 Å². The van der Waals surface area contributed by atoms with Crippen molar-refractivity contribution in [3.63, 3.8) is 0 Å². The van der Waals surface area contributed by atoms with Crippen LogP contribution in [-0.4, -0.2) is 51.5 Å². The molecule has 200 valence electrons. The molecule has 2 aliphatic rings. The number of aliphatic hydroxyl groups is 1. The van der Waals surface area contributed by atoms with Gasteiger partial charge >= 0.3 is 0 Å². The molecule has 0 radical (unpaired) electrons. The lowest BCUT2D eigenvalue weighted by molar-refractivity contribution is -0.00177. The van der Waals surface area contributed by atoms with Crippen LogP contribution in [0.25, 0.3) is 0 Å². The molecule has 2 unspecified atom stereocenters. The molecular formula is C26H33ClF2N6O2. The van der Waals surface area contributed by atoms with Gasteiger partial charge in [0.2, 0.25) is 0 Å². The number of carbonyl (C=O) groups excluding carboxylic acids is 1. The van der Waals surface area contributed by atoms with Crippen LogP contribution in [-0.2, 0) is 0 Å². The molecule has 3 atom stereocenters. The summed E-state index contributed by atoms with van der Waals surface area (Å²) < 4.78 is 28.3. The Morgan fingerprint density at radius 1 is 1.22 bits per heavy atom. The van der Waals surface area contributed by atoms with E-state index in [0.717, 1.165) is 6.42 Å². The fourth-order valence-corrected chi connectivity index (χ4v) is 3.80. The first-order chi connectivity index (χ1) is 17.6. The van der Waals surface area contributed by atoms with Crippen LogP contribution in [0.2, 0.25) is 5.02 Å². The van der Waals surface area contributed by atoms with E-state index in [-0.39, 0.29) is 22.2 Å². The van der Waals surface area contributed by atoms with Crippen LogP contribution in [0.3, 0.4) is 0 Å². The largest absolute Gasteiger partial charge is 0.387 e. The van der Waals surface area contributed by atoms with E-state index in [1.165, 1.54) is 64.1 Å². The molecule has 8 nitrogen and oxygen atoms in total. The number of rotatable bonds is 8. The van der Waals surface area contributed by atoms with Gasteiger partial charge in [0.05, 0.1) is 40.0 Å². The van der Waals surface area contributed by atoms with Gasteiger partial charge in [0.1, 0.15) is 30.0 Å². The second kappa shape index (κ2) is 13.0. The van der Waals surface area contributed by atoms with Crippen LogP contribution in [0.4, 0.5) is 26.1 Å². The molecule has 11 heteroatoms. The van der Waals surface area contributed by atoms with E-state index in [1.807, 2.05) is 6.07 Å². The van der Waals surface area contributed by atoms with Crippen molar-refractivity contribution in [2.45, 2.75) is 82.8 Å². The number of anilines is 3. The van der Waals surface area contributed by atoms with E-state index in [0.29, 0.717) is 24.1 Å². The molecular weight excluding hydrogens is 502 g/mol. The van der Waals surface area contributed by atoms with Crippen molar-refractivity contribution in [3.8, 4) is 6.07 Å². The zero-order chi connectivity index (χ0) is 27.0. The summed E-state index contributed by atoms with van der Waals surface area (Å²) >= 11 is 6.15. The van der Waals surface area contributed by atoms with Crippen molar-refractivity contribution in [2.75, 3.05) is 17.2 Å². The normalized spacial score (nSPS) is 19.5. The SMILES string of the molecule is C1CCC1.CC(C)(O)[C@H](F)CNC(=O)c1cnc(Nc2ncc(C#N)cc2Cl)cc1NC1CCCC1F. The maximum absolute atomic E-state index is 14.2. The monoisotopic (exact) mass is 534 g/mol. The Kier molecular flexibility index (Phi) is 10.0. The van der Waals surface area contributed by atoms with Crippen molar-refractivity contribution in [3.05, 3.63) is 40.7 Å². The molecule has 2 aromatic rings. The first-order valence-electron chi connectivity index (χ1n) is 12.5. The van der Waals surface area contributed by atoms with Gasteiger partial charge in [-0.1, -0.05) is 37.3 Å². The number of pyridine rings is 2. The maximum Gasteiger partial charge on any atom is 0.255 e. The molecule has 0 spiro atoms. The predicted octanol–water partition coefficient (Wildman–Crippen LogP) is 5.45. The zero-order valence-electron chi connectivity index (χ0n) is 21.0. The predicted molar refractivity (Wildman–Crippen MR) is 140 cm³/mol. The van der Waals surface area contributed by atoms with E-state index in [4.69, 9.17) is 16.9 Å². The minimum Gasteiger partial charge on any atom is -0.387 e. The molecule has 4 rings (SSSR count). The van der Waals surface area contributed by atoms with Crippen molar-refractivity contribution in [2.24, 2.45) is 0 Å². The number of amides is 1. The zero-order valence-corrected chi connectivity index (χ0v) is 21.8. The van der Waals surface area contributed by atoms with E-state index in [1.54, 1.807) is 0 Å². The molecule has 4 N–H and O–H groups in total. The summed E-state index contributed by atoms with van der Waals surface area (Å²) in [5, 5.41) is 27.3. The highest BCUT2D eigenvalue weighted by Gasteiger charge is 2.30. The van der Waals surface area contributed by atoms with Crippen LogP contribution < -0.4 is 16.0 Å². The lowest BCUT2D eigenvalue weighted by Gasteiger charge is -2.23. The minimum atomic E-state index is -1.68. The highest BCUT2D eigenvalue weighted by atomic mass is 35.5. The summed E-state index contributed by atoms with van der Waals surface area (Å²) in [6.07, 6.45) is 7.62. The third kappa shape index (κ3) is 8.23. The standard InChI is InChI=1S/C22H25ClF2N6O2.C4H8/c1-22(2,33)18(25)11-29-21(32)13-10-27-19(7-17(13)30-16-5-3-4-15(16)24)31-20-14(23)6-12(8-26)9-28-20;1-2-4-3-1/h6-7,9-10,15-16,18,33H,3-5,11H2,1-2H3,(H,29,32)(H2,27,28,30,31);1-4H2/t15?,16?,18-;/m1./s1. The van der Waals surface area contributed by atoms with Gasteiger partial charge in [0.15, 0.2) is 0 Å². The van der Waals surface area contributed by atoms with Crippen molar-refractivity contribution in [1.82, 2.24) is 15.3 Å². The van der Waals surface area contributed by atoms with E-state index in [2.05, 4.69) is 25.9 Å². The average molecular weight is 535 g/mol. The number of hydrogen-bond acceptors (Lipinski definition) is 7. The molecule has 2 fully saturated rings. The quantitative estimate of drug-likeness (QED) is 0.355. The number of nitriles is 1. The van der Waals surface area contributed by atoms with E-state index >= 15 is 0 Å². The molecule has 2 aliphatic carbocycles. The second-order valence-electron chi connectivity index (χ2n) is 9.85. The van der Waals surface area contributed by atoms with Crippen molar-refractivity contribution < 1.29 is 18.7 Å². The van der Waals surface area contributed by atoms with Gasteiger partial charge in [0.25, 0.3) is 5.91 Å². The van der Waals surface area contributed by atoms with Gasteiger partial charge in [-0.3, -0.25) is 4.79 Å². The van der Waals surface area contributed by atoms with Gasteiger partial charge in [-0.25, -0.2) is 18.7 Å². The van der Waals surface area contributed by atoms with Gasteiger partial charge in [-0.05, 0) is 39.2 Å². The third-order valence-electron chi connectivity index (χ3n) is 6.35. The molecule has 1 amide bonds. The van der Waals surface area contributed by atoms with Crippen LogP contribution in [0.5, 0.6) is 0 Å². The number of halogens is 3. The lowest BCUT2D eigenvalue weighted by atomic mass is 10.0. The molecule has 0 saturated heterocycles. The molecule has 37 heavy (non-hydrogen) atoms. The number of hydrogen-bond donors (Lipinski definition) is 4. The first-order valence-corrected chi connectivity index (χ1v) is 12.8. The van der Waals surface area contributed by atoms with Crippen molar-refractivity contribution in [1.29, 1.82) is 5.26 Å². The van der Waals surface area contributed by atoms with Gasteiger partial charge in [-0.2, -0.15) is 5.26 Å². The third-order valence-corrected chi connectivity index (χ3v) is 6.63. The van der Waals surface area contributed by atoms with Crippen LogP contribution in [0.1, 0.15) is 74.7 Å². The summed E-state index contributed by atoms with van der Waals surface area (Å²) in [4.78, 5) is 21.0. The maximum atomic E-state index is 14.2. The van der Waals surface area contributed by atoms with E-state index < -0.39 is 36.4 Å². The Morgan fingerprint density at radius 3 is 2.46 bits per heavy atom. The molecule has 2 saturated carbocycles. The summed E-state index contributed by atoms with van der Waals surface area (Å²) in [6.45, 7) is 2.22. The highest BCUT2D eigenvalue weighted by Crippen LogP contribution is 2.30. The average Bonchev–Trinajstić information content (AvgIpc) is 3.21. The lowest BCUT2D eigenvalue weighted by Crippen LogP contribution is -2.42. The van der Waals surface area contributed by atoms with Crippen molar-refractivity contribution >= 4 is 34.8 Å². The fraction of sp³-hybridized carbons (Fsp3) is 0.538. The Hall–Kier alpha value is -3.03. The fourth-order valence-electron chi connectivity index (χ4n) is 3.59. The number of alkyl halides is 2. The molecule has 0 bridgehead atoms. The van der Waals surface area contributed by atoms with Gasteiger partial charge in [-0.15, -0.1) is 0 Å². The topological polar surface area (TPSA) is 123 Å². The van der Waals surface area contributed by atoms with Gasteiger partial charge in [0, 0.05) is 18.5 Å². The van der Waals surface area contributed by atoms with Crippen LogP contribution in [0.15, 0.2) is 24.5 Å². The summed E-state index contributed by atoms with van der Waals surface area (Å²) in [5.41, 5.74) is -0.913. The first kappa shape index (κ1) is 28.5. The van der Waals surface area contributed by atoms with Gasteiger partial charge < -0.3 is 21.1 Å². The highest BCUT2D eigenvalue weighted by molar-refractivity contribution is 6.33. The number of nitrogens with one attached hydrogen (secondary N) is 3. The number of aromatic nitrogens is 2. The summed E-state index contributed by atoms with van der Waals surface area (Å²) in [7, 11) is 0.